The van der Waals surface area contributed by atoms with Gasteiger partial charge >= 0.3 is 0 Å². The molecule has 0 radical (unpaired) electrons. The molecule has 2 N–H and O–H groups in total. The van der Waals surface area contributed by atoms with Crippen molar-refractivity contribution < 1.29 is 13.2 Å². The fourth-order valence-electron chi connectivity index (χ4n) is 1.87. The standard InChI is InChI=1S/C14H12F3N/c1-8(18)10-6-5-9(15)7-12(10)11-3-2-4-13(16)14(11)17/h2-8H,18H2,1H3. The van der Waals surface area contributed by atoms with E-state index in [0.29, 0.717) is 5.56 Å². The first kappa shape index (κ1) is 12.6. The zero-order valence-electron chi connectivity index (χ0n) is 9.75. The molecule has 1 nitrogen and oxygen atoms in total. The number of rotatable bonds is 2. The van der Waals surface area contributed by atoms with Gasteiger partial charge in [0.1, 0.15) is 5.82 Å². The van der Waals surface area contributed by atoms with Crippen molar-refractivity contribution in [1.82, 2.24) is 0 Å². The molecule has 2 aromatic rings. The van der Waals surface area contributed by atoms with E-state index in [0.717, 1.165) is 12.1 Å². The van der Waals surface area contributed by atoms with E-state index in [9.17, 15) is 13.2 Å². The summed E-state index contributed by atoms with van der Waals surface area (Å²) in [5.74, 6) is -2.48. The Balaban J connectivity index is 2.69. The molecular formula is C14H12F3N. The Morgan fingerprint density at radius 1 is 1.00 bits per heavy atom. The van der Waals surface area contributed by atoms with E-state index in [2.05, 4.69) is 0 Å². The van der Waals surface area contributed by atoms with Gasteiger partial charge in [0, 0.05) is 11.6 Å². The molecule has 0 aliphatic rings. The monoisotopic (exact) mass is 251 g/mol. The number of benzene rings is 2. The van der Waals surface area contributed by atoms with Gasteiger partial charge < -0.3 is 5.73 Å². The molecule has 94 valence electrons. The molecule has 0 bridgehead atoms. The second-order valence-corrected chi connectivity index (χ2v) is 4.12. The van der Waals surface area contributed by atoms with Gasteiger partial charge in [0.15, 0.2) is 11.6 Å². The lowest BCUT2D eigenvalue weighted by Crippen LogP contribution is -2.07. The van der Waals surface area contributed by atoms with Crippen molar-refractivity contribution in [2.24, 2.45) is 5.73 Å². The van der Waals surface area contributed by atoms with E-state index in [1.165, 1.54) is 24.3 Å². The fraction of sp³-hybridized carbons (Fsp3) is 0.143. The van der Waals surface area contributed by atoms with Crippen molar-refractivity contribution in [2.75, 3.05) is 0 Å². The van der Waals surface area contributed by atoms with E-state index in [-0.39, 0.29) is 11.1 Å². The highest BCUT2D eigenvalue weighted by Gasteiger charge is 2.15. The topological polar surface area (TPSA) is 26.0 Å². The van der Waals surface area contributed by atoms with Gasteiger partial charge in [-0.1, -0.05) is 18.2 Å². The summed E-state index contributed by atoms with van der Waals surface area (Å²) in [5.41, 5.74) is 6.62. The Bertz CT molecular complexity index is 579. The first-order valence-electron chi connectivity index (χ1n) is 5.50. The molecule has 0 fully saturated rings. The van der Waals surface area contributed by atoms with Gasteiger partial charge in [0.05, 0.1) is 0 Å². The van der Waals surface area contributed by atoms with E-state index < -0.39 is 23.5 Å². The lowest BCUT2D eigenvalue weighted by molar-refractivity contribution is 0.511. The van der Waals surface area contributed by atoms with Crippen LogP contribution in [0.5, 0.6) is 0 Å². The maximum Gasteiger partial charge on any atom is 0.166 e. The summed E-state index contributed by atoms with van der Waals surface area (Å²) in [7, 11) is 0. The molecule has 4 heteroatoms. The van der Waals surface area contributed by atoms with E-state index in [1.807, 2.05) is 0 Å². The van der Waals surface area contributed by atoms with Crippen molar-refractivity contribution in [3.8, 4) is 11.1 Å². The first-order valence-corrected chi connectivity index (χ1v) is 5.50. The van der Waals surface area contributed by atoms with Crippen LogP contribution in [0.2, 0.25) is 0 Å². The van der Waals surface area contributed by atoms with Crippen LogP contribution in [0.1, 0.15) is 18.5 Å². The summed E-state index contributed by atoms with van der Waals surface area (Å²) in [5, 5.41) is 0. The van der Waals surface area contributed by atoms with Crippen LogP contribution in [-0.2, 0) is 0 Å². The fourth-order valence-corrected chi connectivity index (χ4v) is 1.87. The number of hydrogen-bond donors (Lipinski definition) is 1. The van der Waals surface area contributed by atoms with Gasteiger partial charge in [-0.15, -0.1) is 0 Å². The normalized spacial score (nSPS) is 12.5. The average Bonchev–Trinajstić information content (AvgIpc) is 2.32. The molecule has 0 aliphatic carbocycles. The highest BCUT2D eigenvalue weighted by Crippen LogP contribution is 2.31. The van der Waals surface area contributed by atoms with Crippen molar-refractivity contribution in [3.63, 3.8) is 0 Å². The average molecular weight is 251 g/mol. The van der Waals surface area contributed by atoms with E-state index >= 15 is 0 Å². The molecule has 0 saturated heterocycles. The maximum absolute atomic E-state index is 13.7. The van der Waals surface area contributed by atoms with Gasteiger partial charge in [-0.05, 0) is 36.2 Å². The molecule has 0 aliphatic heterocycles. The largest absolute Gasteiger partial charge is 0.324 e. The van der Waals surface area contributed by atoms with Gasteiger partial charge in [0.2, 0.25) is 0 Å². The van der Waals surface area contributed by atoms with Crippen LogP contribution in [0.15, 0.2) is 36.4 Å². The van der Waals surface area contributed by atoms with Crippen LogP contribution < -0.4 is 5.73 Å². The molecule has 0 heterocycles. The summed E-state index contributed by atoms with van der Waals surface area (Å²) in [4.78, 5) is 0. The zero-order chi connectivity index (χ0) is 13.3. The highest BCUT2D eigenvalue weighted by molar-refractivity contribution is 5.68. The minimum absolute atomic E-state index is 0.0156. The first-order chi connectivity index (χ1) is 8.50. The molecule has 18 heavy (non-hydrogen) atoms. The van der Waals surface area contributed by atoms with E-state index in [4.69, 9.17) is 5.73 Å². The Hall–Kier alpha value is -1.81. The Morgan fingerprint density at radius 3 is 2.39 bits per heavy atom. The van der Waals surface area contributed by atoms with Crippen LogP contribution >= 0.6 is 0 Å². The van der Waals surface area contributed by atoms with Crippen LogP contribution in [-0.4, -0.2) is 0 Å². The molecule has 1 atom stereocenters. The third kappa shape index (κ3) is 2.24. The third-order valence-electron chi connectivity index (χ3n) is 2.75. The van der Waals surface area contributed by atoms with Crippen LogP contribution in [0.25, 0.3) is 11.1 Å². The minimum Gasteiger partial charge on any atom is -0.324 e. The quantitative estimate of drug-likeness (QED) is 0.863. The summed E-state index contributed by atoms with van der Waals surface area (Å²) in [6, 6.07) is 7.30. The van der Waals surface area contributed by atoms with E-state index in [1.54, 1.807) is 6.92 Å². The Labute approximate surface area is 103 Å². The second-order valence-electron chi connectivity index (χ2n) is 4.12. The lowest BCUT2D eigenvalue weighted by atomic mass is 9.95. The highest BCUT2D eigenvalue weighted by atomic mass is 19.2. The molecule has 0 saturated carbocycles. The molecule has 0 spiro atoms. The number of nitrogens with two attached hydrogens (primary N) is 1. The predicted molar refractivity (Wildman–Crippen MR) is 64.4 cm³/mol. The van der Waals surface area contributed by atoms with Gasteiger partial charge in [-0.25, -0.2) is 13.2 Å². The van der Waals surface area contributed by atoms with Gasteiger partial charge in [-0.3, -0.25) is 0 Å². The van der Waals surface area contributed by atoms with Gasteiger partial charge in [0.25, 0.3) is 0 Å². The van der Waals surface area contributed by atoms with Crippen molar-refractivity contribution in [3.05, 3.63) is 59.4 Å². The Morgan fingerprint density at radius 2 is 1.72 bits per heavy atom. The lowest BCUT2D eigenvalue weighted by Gasteiger charge is -2.14. The SMILES string of the molecule is CC(N)c1ccc(F)cc1-c1cccc(F)c1F. The summed E-state index contributed by atoms with van der Waals surface area (Å²) >= 11 is 0. The molecular weight excluding hydrogens is 239 g/mol. The van der Waals surface area contributed by atoms with Crippen LogP contribution in [0, 0.1) is 17.5 Å². The smallest absolute Gasteiger partial charge is 0.166 e. The Kier molecular flexibility index (Phi) is 3.39. The number of halogens is 3. The second kappa shape index (κ2) is 4.82. The van der Waals surface area contributed by atoms with Crippen LogP contribution in [0.3, 0.4) is 0 Å². The summed E-state index contributed by atoms with van der Waals surface area (Å²) in [6.07, 6.45) is 0. The zero-order valence-corrected chi connectivity index (χ0v) is 9.75. The molecule has 0 aromatic heterocycles. The third-order valence-corrected chi connectivity index (χ3v) is 2.75. The predicted octanol–water partition coefficient (Wildman–Crippen LogP) is 3.79. The summed E-state index contributed by atoms with van der Waals surface area (Å²) in [6.45, 7) is 1.70. The van der Waals surface area contributed by atoms with Gasteiger partial charge in [-0.2, -0.15) is 0 Å². The molecule has 2 aromatic carbocycles. The molecule has 2 rings (SSSR count). The van der Waals surface area contributed by atoms with Crippen molar-refractivity contribution in [1.29, 1.82) is 0 Å². The van der Waals surface area contributed by atoms with Crippen molar-refractivity contribution >= 4 is 0 Å². The summed E-state index contributed by atoms with van der Waals surface area (Å²) < 4.78 is 40.2. The van der Waals surface area contributed by atoms with Crippen molar-refractivity contribution in [2.45, 2.75) is 13.0 Å². The molecule has 1 unspecified atom stereocenters. The van der Waals surface area contributed by atoms with Crippen LogP contribution in [0.4, 0.5) is 13.2 Å². The maximum atomic E-state index is 13.7. The number of hydrogen-bond acceptors (Lipinski definition) is 1. The minimum atomic E-state index is -0.995. The molecule has 0 amide bonds.